The van der Waals surface area contributed by atoms with Crippen LogP contribution in [0.3, 0.4) is 0 Å². The number of nitrogens with zero attached hydrogens (tertiary/aromatic N) is 1. The molecule has 0 aliphatic rings. The van der Waals surface area contributed by atoms with Gasteiger partial charge in [0.05, 0.1) is 18.9 Å². The number of hydrogen-bond donors (Lipinski definition) is 1. The van der Waals surface area contributed by atoms with E-state index in [9.17, 15) is 9.50 Å². The molecule has 0 aliphatic carbocycles. The SMILES string of the molecule is O[C@H](Cc1ccccc1)CN(Cc1ccco1)Cc1ccccc1F. The number of benzene rings is 2. The van der Waals surface area contributed by atoms with Crippen molar-refractivity contribution >= 4 is 0 Å². The monoisotopic (exact) mass is 339 g/mol. The van der Waals surface area contributed by atoms with Crippen LogP contribution in [-0.2, 0) is 19.5 Å². The quantitative estimate of drug-likeness (QED) is 0.673. The van der Waals surface area contributed by atoms with Crippen LogP contribution in [0.15, 0.2) is 77.4 Å². The number of furan rings is 1. The second-order valence-corrected chi connectivity index (χ2v) is 6.18. The van der Waals surface area contributed by atoms with Crippen LogP contribution in [-0.4, -0.2) is 22.7 Å². The molecule has 25 heavy (non-hydrogen) atoms. The van der Waals surface area contributed by atoms with Gasteiger partial charge in [-0.2, -0.15) is 0 Å². The third kappa shape index (κ3) is 5.28. The van der Waals surface area contributed by atoms with E-state index in [0.29, 0.717) is 31.6 Å². The van der Waals surface area contributed by atoms with Crippen LogP contribution in [0.25, 0.3) is 0 Å². The first-order chi connectivity index (χ1) is 12.2. The Morgan fingerprint density at radius 2 is 1.68 bits per heavy atom. The Bertz CT molecular complexity index is 759. The summed E-state index contributed by atoms with van der Waals surface area (Å²) in [5.74, 6) is 0.563. The van der Waals surface area contributed by atoms with Gasteiger partial charge in [0.1, 0.15) is 11.6 Å². The van der Waals surface area contributed by atoms with E-state index in [2.05, 4.69) is 0 Å². The van der Waals surface area contributed by atoms with Gasteiger partial charge in [-0.3, -0.25) is 4.90 Å². The summed E-state index contributed by atoms with van der Waals surface area (Å²) in [4.78, 5) is 2.00. The Balaban J connectivity index is 1.68. The van der Waals surface area contributed by atoms with Crippen LogP contribution >= 0.6 is 0 Å². The number of rotatable bonds is 8. The Hall–Kier alpha value is -2.43. The lowest BCUT2D eigenvalue weighted by Gasteiger charge is -2.24. The van der Waals surface area contributed by atoms with Crippen LogP contribution in [0.5, 0.6) is 0 Å². The summed E-state index contributed by atoms with van der Waals surface area (Å²) < 4.78 is 19.4. The molecule has 2 aromatic carbocycles. The van der Waals surface area contributed by atoms with Gasteiger partial charge in [-0.05, 0) is 30.2 Å². The predicted octanol–water partition coefficient (Wildman–Crippen LogP) is 4.02. The molecule has 0 radical (unpaired) electrons. The highest BCUT2D eigenvalue weighted by Crippen LogP contribution is 2.15. The lowest BCUT2D eigenvalue weighted by Crippen LogP contribution is -2.33. The zero-order chi connectivity index (χ0) is 17.5. The van der Waals surface area contributed by atoms with Crippen molar-refractivity contribution in [2.45, 2.75) is 25.6 Å². The van der Waals surface area contributed by atoms with E-state index in [1.54, 1.807) is 18.4 Å². The molecule has 0 saturated heterocycles. The van der Waals surface area contributed by atoms with E-state index in [1.807, 2.05) is 53.4 Å². The van der Waals surface area contributed by atoms with Gasteiger partial charge in [0.15, 0.2) is 0 Å². The largest absolute Gasteiger partial charge is 0.468 e. The van der Waals surface area contributed by atoms with Gasteiger partial charge in [0.2, 0.25) is 0 Å². The van der Waals surface area contributed by atoms with E-state index < -0.39 is 6.10 Å². The normalized spacial score (nSPS) is 12.4. The smallest absolute Gasteiger partial charge is 0.127 e. The first-order valence-electron chi connectivity index (χ1n) is 8.41. The standard InChI is InChI=1S/C21H22FNO2/c22-21-11-5-4-9-18(21)14-23(16-20-10-6-12-25-20)15-19(24)13-17-7-2-1-3-8-17/h1-12,19,24H,13-16H2/t19-/m1/s1. The number of hydrogen-bond acceptors (Lipinski definition) is 3. The van der Waals surface area contributed by atoms with E-state index in [4.69, 9.17) is 4.42 Å². The summed E-state index contributed by atoms with van der Waals surface area (Å²) in [5, 5.41) is 10.5. The molecular formula is C21H22FNO2. The minimum atomic E-state index is -0.538. The molecule has 0 unspecified atom stereocenters. The second-order valence-electron chi connectivity index (χ2n) is 6.18. The van der Waals surface area contributed by atoms with Gasteiger partial charge >= 0.3 is 0 Å². The van der Waals surface area contributed by atoms with Crippen molar-refractivity contribution < 1.29 is 13.9 Å². The molecule has 1 N–H and O–H groups in total. The number of aliphatic hydroxyl groups excluding tert-OH is 1. The maximum Gasteiger partial charge on any atom is 0.127 e. The topological polar surface area (TPSA) is 36.6 Å². The summed E-state index contributed by atoms with van der Waals surface area (Å²) >= 11 is 0. The zero-order valence-corrected chi connectivity index (χ0v) is 14.0. The van der Waals surface area contributed by atoms with Gasteiger partial charge in [-0.1, -0.05) is 48.5 Å². The highest BCUT2D eigenvalue weighted by molar-refractivity contribution is 5.18. The summed E-state index contributed by atoms with van der Waals surface area (Å²) in [5.41, 5.74) is 1.69. The number of aliphatic hydroxyl groups is 1. The Labute approximate surface area is 147 Å². The van der Waals surface area contributed by atoms with Gasteiger partial charge in [0, 0.05) is 18.7 Å². The lowest BCUT2D eigenvalue weighted by atomic mass is 10.1. The van der Waals surface area contributed by atoms with Crippen molar-refractivity contribution in [1.82, 2.24) is 4.90 Å². The highest BCUT2D eigenvalue weighted by atomic mass is 19.1. The average molecular weight is 339 g/mol. The molecule has 0 spiro atoms. The molecular weight excluding hydrogens is 317 g/mol. The fraction of sp³-hybridized carbons (Fsp3) is 0.238. The van der Waals surface area contributed by atoms with Crippen molar-refractivity contribution in [2.24, 2.45) is 0 Å². The van der Waals surface area contributed by atoms with Crippen molar-refractivity contribution in [1.29, 1.82) is 0 Å². The molecule has 1 aromatic heterocycles. The molecule has 1 heterocycles. The third-order valence-electron chi connectivity index (χ3n) is 4.09. The first-order valence-corrected chi connectivity index (χ1v) is 8.41. The van der Waals surface area contributed by atoms with Crippen molar-refractivity contribution in [3.63, 3.8) is 0 Å². The van der Waals surface area contributed by atoms with Crippen LogP contribution in [0.4, 0.5) is 4.39 Å². The number of halogens is 1. The Kier molecular flexibility index (Phi) is 5.99. The molecule has 3 nitrogen and oxygen atoms in total. The fourth-order valence-electron chi connectivity index (χ4n) is 2.92. The van der Waals surface area contributed by atoms with Crippen molar-refractivity contribution in [3.05, 3.63) is 95.7 Å². The maximum absolute atomic E-state index is 14.0. The third-order valence-corrected chi connectivity index (χ3v) is 4.09. The minimum Gasteiger partial charge on any atom is -0.468 e. The summed E-state index contributed by atoms with van der Waals surface area (Å²) in [6.45, 7) is 1.37. The molecule has 0 saturated carbocycles. The highest BCUT2D eigenvalue weighted by Gasteiger charge is 2.16. The molecule has 0 aliphatic heterocycles. The molecule has 1 atom stereocenters. The van der Waals surface area contributed by atoms with Crippen LogP contribution in [0, 0.1) is 5.82 Å². The summed E-state index contributed by atoms with van der Waals surface area (Å²) in [6.07, 6.45) is 1.65. The zero-order valence-electron chi connectivity index (χ0n) is 14.0. The van der Waals surface area contributed by atoms with Gasteiger partial charge in [-0.25, -0.2) is 4.39 Å². The van der Waals surface area contributed by atoms with E-state index in [1.165, 1.54) is 6.07 Å². The van der Waals surface area contributed by atoms with Crippen LogP contribution in [0.1, 0.15) is 16.9 Å². The molecule has 130 valence electrons. The average Bonchev–Trinajstić information content (AvgIpc) is 3.10. The molecule has 0 bridgehead atoms. The van der Waals surface area contributed by atoms with Gasteiger partial charge < -0.3 is 9.52 Å². The Morgan fingerprint density at radius 3 is 2.40 bits per heavy atom. The van der Waals surface area contributed by atoms with E-state index in [-0.39, 0.29) is 5.82 Å². The maximum atomic E-state index is 14.0. The lowest BCUT2D eigenvalue weighted by molar-refractivity contribution is 0.0996. The van der Waals surface area contributed by atoms with Crippen LogP contribution < -0.4 is 0 Å². The van der Waals surface area contributed by atoms with Crippen molar-refractivity contribution in [3.8, 4) is 0 Å². The van der Waals surface area contributed by atoms with Gasteiger partial charge in [-0.15, -0.1) is 0 Å². The van der Waals surface area contributed by atoms with E-state index in [0.717, 1.165) is 11.3 Å². The minimum absolute atomic E-state index is 0.232. The fourth-order valence-corrected chi connectivity index (χ4v) is 2.92. The summed E-state index contributed by atoms with van der Waals surface area (Å²) in [6, 6.07) is 20.3. The van der Waals surface area contributed by atoms with Crippen LogP contribution in [0.2, 0.25) is 0 Å². The molecule has 3 rings (SSSR count). The van der Waals surface area contributed by atoms with E-state index >= 15 is 0 Å². The van der Waals surface area contributed by atoms with Gasteiger partial charge in [0.25, 0.3) is 0 Å². The predicted molar refractivity (Wildman–Crippen MR) is 95.4 cm³/mol. The Morgan fingerprint density at radius 1 is 0.920 bits per heavy atom. The molecule has 3 aromatic rings. The molecule has 0 amide bonds. The second kappa shape index (κ2) is 8.60. The summed E-state index contributed by atoms with van der Waals surface area (Å²) in [7, 11) is 0. The van der Waals surface area contributed by atoms with Crippen molar-refractivity contribution in [2.75, 3.05) is 6.54 Å². The molecule has 0 fully saturated rings. The molecule has 4 heteroatoms. The first kappa shape index (κ1) is 17.4.